The van der Waals surface area contributed by atoms with Gasteiger partial charge in [0.05, 0.1) is 23.5 Å². The van der Waals surface area contributed by atoms with Gasteiger partial charge in [-0.3, -0.25) is 14.9 Å². The smallest absolute Gasteiger partial charge is 0.306 e. The Labute approximate surface area is 108 Å². The van der Waals surface area contributed by atoms with Crippen molar-refractivity contribution < 1.29 is 24.0 Å². The van der Waals surface area contributed by atoms with Gasteiger partial charge in [-0.1, -0.05) is 0 Å². The van der Waals surface area contributed by atoms with Gasteiger partial charge in [0.15, 0.2) is 0 Å². The highest BCUT2D eigenvalue weighted by atomic mass is 19.1. The number of halogens is 1. The Morgan fingerprint density at radius 1 is 1.58 bits per heavy atom. The van der Waals surface area contributed by atoms with Crippen molar-refractivity contribution in [1.82, 2.24) is 0 Å². The monoisotopic (exact) mass is 272 g/mol. The van der Waals surface area contributed by atoms with Gasteiger partial charge in [-0.05, 0) is 6.07 Å². The fourth-order valence-corrected chi connectivity index (χ4v) is 1.45. The minimum Gasteiger partial charge on any atom is -0.481 e. The Hall–Kier alpha value is -2.22. The lowest BCUT2D eigenvalue weighted by Crippen LogP contribution is -2.25. The van der Waals surface area contributed by atoms with E-state index in [9.17, 15) is 19.3 Å². The van der Waals surface area contributed by atoms with Crippen LogP contribution in [-0.2, 0) is 9.53 Å². The maximum Gasteiger partial charge on any atom is 0.306 e. The molecule has 0 heterocycles. The Bertz CT molecular complexity index is 480. The summed E-state index contributed by atoms with van der Waals surface area (Å²) in [6, 6.07) is 3.05. The van der Waals surface area contributed by atoms with Crippen LogP contribution in [0.5, 0.6) is 0 Å². The van der Waals surface area contributed by atoms with Gasteiger partial charge in [0, 0.05) is 25.4 Å². The van der Waals surface area contributed by atoms with Crippen LogP contribution in [-0.4, -0.2) is 35.8 Å². The summed E-state index contributed by atoms with van der Waals surface area (Å²) >= 11 is 0. The van der Waals surface area contributed by atoms with Crippen LogP contribution in [0, 0.1) is 15.9 Å². The van der Waals surface area contributed by atoms with Crippen molar-refractivity contribution in [3.8, 4) is 0 Å². The van der Waals surface area contributed by atoms with Gasteiger partial charge in [0.25, 0.3) is 5.69 Å². The van der Waals surface area contributed by atoms with Crippen molar-refractivity contribution in [1.29, 1.82) is 0 Å². The molecule has 0 radical (unpaired) electrons. The molecule has 0 saturated carbocycles. The first-order valence-electron chi connectivity index (χ1n) is 5.36. The number of hydrogen-bond donors (Lipinski definition) is 2. The number of carbonyl (C=O) groups is 1. The Kier molecular flexibility index (Phi) is 5.19. The van der Waals surface area contributed by atoms with Gasteiger partial charge in [-0.15, -0.1) is 0 Å². The lowest BCUT2D eigenvalue weighted by molar-refractivity contribution is -0.385. The second kappa shape index (κ2) is 6.64. The number of hydrogen-bond acceptors (Lipinski definition) is 5. The third kappa shape index (κ3) is 4.88. The van der Waals surface area contributed by atoms with Gasteiger partial charge in [0.2, 0.25) is 0 Å². The molecule has 1 aromatic rings. The van der Waals surface area contributed by atoms with E-state index >= 15 is 0 Å². The second-order valence-corrected chi connectivity index (χ2v) is 3.79. The van der Waals surface area contributed by atoms with Crippen LogP contribution in [0.2, 0.25) is 0 Å². The summed E-state index contributed by atoms with van der Waals surface area (Å²) in [4.78, 5) is 20.4. The number of nitrogens with zero attached hydrogens (tertiary/aromatic N) is 1. The first-order valence-corrected chi connectivity index (χ1v) is 5.36. The number of nitro benzene ring substituents is 1. The van der Waals surface area contributed by atoms with E-state index in [1.807, 2.05) is 0 Å². The molecule has 0 aromatic heterocycles. The van der Waals surface area contributed by atoms with E-state index in [1.165, 1.54) is 7.11 Å². The van der Waals surface area contributed by atoms with E-state index in [4.69, 9.17) is 9.84 Å². The van der Waals surface area contributed by atoms with Crippen LogP contribution >= 0.6 is 0 Å². The number of ether oxygens (including phenoxy) is 1. The fourth-order valence-electron chi connectivity index (χ4n) is 1.45. The first kappa shape index (κ1) is 14.8. The average Bonchev–Trinajstić information content (AvgIpc) is 2.33. The minimum atomic E-state index is -1.03. The molecule has 0 spiro atoms. The van der Waals surface area contributed by atoms with Crippen LogP contribution in [0.25, 0.3) is 0 Å². The molecule has 7 nitrogen and oxygen atoms in total. The van der Waals surface area contributed by atoms with Gasteiger partial charge in [-0.2, -0.15) is 0 Å². The van der Waals surface area contributed by atoms with Crippen LogP contribution in [0.1, 0.15) is 6.42 Å². The standard InChI is InChI=1S/C11H13FN2O5/c1-19-10(5-11(15)16)6-13-8-2-7(12)3-9(4-8)14(17)18/h2-4,10,13H,5-6H2,1H3,(H,15,16). The number of nitro groups is 1. The lowest BCUT2D eigenvalue weighted by Gasteiger charge is -2.14. The summed E-state index contributed by atoms with van der Waals surface area (Å²) in [7, 11) is 1.35. The molecule has 19 heavy (non-hydrogen) atoms. The number of nitrogens with one attached hydrogen (secondary N) is 1. The van der Waals surface area contributed by atoms with Crippen molar-refractivity contribution >= 4 is 17.3 Å². The number of carboxylic acid groups (broad SMARTS) is 1. The summed E-state index contributed by atoms with van der Waals surface area (Å²) < 4.78 is 18.1. The SMILES string of the molecule is COC(CNc1cc(F)cc([N+](=O)[O-])c1)CC(=O)O. The summed E-state index contributed by atoms with van der Waals surface area (Å²) in [5.41, 5.74) is -0.186. The molecule has 0 aliphatic rings. The molecule has 1 aromatic carbocycles. The highest BCUT2D eigenvalue weighted by Crippen LogP contribution is 2.20. The highest BCUT2D eigenvalue weighted by molar-refractivity contribution is 5.67. The van der Waals surface area contributed by atoms with Crippen molar-refractivity contribution in [2.24, 2.45) is 0 Å². The van der Waals surface area contributed by atoms with Gasteiger partial charge in [-0.25, -0.2) is 4.39 Å². The van der Waals surface area contributed by atoms with Gasteiger partial charge in [0.1, 0.15) is 5.82 Å². The Morgan fingerprint density at radius 2 is 2.26 bits per heavy atom. The highest BCUT2D eigenvalue weighted by Gasteiger charge is 2.14. The number of anilines is 1. The molecule has 2 N–H and O–H groups in total. The minimum absolute atomic E-state index is 0.101. The molecule has 0 saturated heterocycles. The van der Waals surface area contributed by atoms with E-state index in [0.29, 0.717) is 0 Å². The topological polar surface area (TPSA) is 102 Å². The van der Waals surface area contributed by atoms with Crippen LogP contribution in [0.15, 0.2) is 18.2 Å². The number of methoxy groups -OCH3 is 1. The predicted molar refractivity (Wildman–Crippen MR) is 64.6 cm³/mol. The molecule has 1 unspecified atom stereocenters. The van der Waals surface area contributed by atoms with Crippen LogP contribution in [0.3, 0.4) is 0 Å². The normalized spacial score (nSPS) is 11.9. The summed E-state index contributed by atoms with van der Waals surface area (Å²) in [6.07, 6.45) is -0.833. The fraction of sp³-hybridized carbons (Fsp3) is 0.364. The average molecular weight is 272 g/mol. The molecular weight excluding hydrogens is 259 g/mol. The molecule has 1 rings (SSSR count). The lowest BCUT2D eigenvalue weighted by atomic mass is 10.2. The molecule has 0 fully saturated rings. The van der Waals surface area contributed by atoms with Gasteiger partial charge >= 0.3 is 5.97 Å². The van der Waals surface area contributed by atoms with Crippen molar-refractivity contribution in [3.05, 3.63) is 34.1 Å². The summed E-state index contributed by atoms with van der Waals surface area (Å²) in [6.45, 7) is 0.101. The van der Waals surface area contributed by atoms with Crippen LogP contribution in [0.4, 0.5) is 15.8 Å². The first-order chi connectivity index (χ1) is 8.92. The molecule has 1 atom stereocenters. The van der Waals surface area contributed by atoms with Crippen LogP contribution < -0.4 is 5.32 Å². The molecule has 0 bridgehead atoms. The second-order valence-electron chi connectivity index (χ2n) is 3.79. The van der Waals surface area contributed by atoms with E-state index in [-0.39, 0.29) is 24.3 Å². The van der Waals surface area contributed by atoms with Gasteiger partial charge < -0.3 is 15.2 Å². The zero-order valence-electron chi connectivity index (χ0n) is 10.1. The van der Waals surface area contributed by atoms with Crippen molar-refractivity contribution in [2.45, 2.75) is 12.5 Å². The van der Waals surface area contributed by atoms with E-state index in [0.717, 1.165) is 18.2 Å². The molecule has 0 aliphatic carbocycles. The number of carboxylic acids is 1. The predicted octanol–water partition coefficient (Wildman–Crippen LogP) is 1.64. The summed E-state index contributed by atoms with van der Waals surface area (Å²) in [5.74, 6) is -1.78. The molecular formula is C11H13FN2O5. The van der Waals surface area contributed by atoms with Crippen molar-refractivity contribution in [3.63, 3.8) is 0 Å². The maximum atomic E-state index is 13.1. The number of aliphatic carboxylic acids is 1. The third-order valence-electron chi connectivity index (χ3n) is 2.36. The molecule has 104 valence electrons. The van der Waals surface area contributed by atoms with E-state index in [1.54, 1.807) is 0 Å². The summed E-state index contributed by atoms with van der Waals surface area (Å²) in [5, 5.41) is 21.9. The zero-order chi connectivity index (χ0) is 14.4. The Balaban J connectivity index is 2.71. The Morgan fingerprint density at radius 3 is 2.79 bits per heavy atom. The number of benzene rings is 1. The quantitative estimate of drug-likeness (QED) is 0.578. The zero-order valence-corrected chi connectivity index (χ0v) is 10.1. The molecule has 0 aliphatic heterocycles. The maximum absolute atomic E-state index is 13.1. The third-order valence-corrected chi connectivity index (χ3v) is 2.36. The van der Waals surface area contributed by atoms with Crippen molar-refractivity contribution in [2.75, 3.05) is 19.0 Å². The number of non-ortho nitro benzene ring substituents is 1. The van der Waals surface area contributed by atoms with E-state index in [2.05, 4.69) is 5.32 Å². The largest absolute Gasteiger partial charge is 0.481 e. The number of rotatable bonds is 7. The molecule has 8 heteroatoms. The van der Waals surface area contributed by atoms with E-state index < -0.39 is 22.8 Å². The molecule has 0 amide bonds.